The zero-order valence-corrected chi connectivity index (χ0v) is 10.4. The molecule has 0 bridgehead atoms. The Morgan fingerprint density at radius 2 is 2.12 bits per heavy atom. The average Bonchev–Trinajstić information content (AvgIpc) is 2.90. The minimum Gasteiger partial charge on any atom is -0.491 e. The van der Waals surface area contributed by atoms with Gasteiger partial charge in [-0.1, -0.05) is 11.4 Å². The van der Waals surface area contributed by atoms with Crippen LogP contribution in [0.5, 0.6) is 5.75 Å². The van der Waals surface area contributed by atoms with Gasteiger partial charge in [-0.05, 0) is 42.2 Å². The van der Waals surface area contributed by atoms with Crippen LogP contribution in [0.2, 0.25) is 0 Å². The fraction of sp³-hybridized carbons (Fsp3) is 0.333. The monoisotopic (exact) mass is 250 g/mol. The molecule has 5 heteroatoms. The Hall–Kier alpha value is -1.46. The Bertz CT molecular complexity index is 442. The standard InChI is InChI=1S/C12H14N2O2S/c1-2-10(15)7-16-11-5-3-9(4-6-11)12-8-17-14-13-12/h3-6,8,10,15H,2,7H2,1H3/t10-/m1/s1. The number of hydrogen-bond donors (Lipinski definition) is 1. The van der Waals surface area contributed by atoms with Crippen molar-refractivity contribution in [2.24, 2.45) is 0 Å². The highest BCUT2D eigenvalue weighted by molar-refractivity contribution is 7.03. The molecule has 0 spiro atoms. The van der Waals surface area contributed by atoms with Crippen molar-refractivity contribution < 1.29 is 9.84 Å². The quantitative estimate of drug-likeness (QED) is 0.885. The first-order valence-electron chi connectivity index (χ1n) is 5.48. The van der Waals surface area contributed by atoms with Crippen molar-refractivity contribution in [2.75, 3.05) is 6.61 Å². The smallest absolute Gasteiger partial charge is 0.119 e. The summed E-state index contributed by atoms with van der Waals surface area (Å²) in [4.78, 5) is 0. The van der Waals surface area contributed by atoms with Crippen molar-refractivity contribution in [3.63, 3.8) is 0 Å². The van der Waals surface area contributed by atoms with Gasteiger partial charge < -0.3 is 9.84 Å². The maximum Gasteiger partial charge on any atom is 0.119 e. The van der Waals surface area contributed by atoms with Crippen molar-refractivity contribution in [1.29, 1.82) is 0 Å². The lowest BCUT2D eigenvalue weighted by Crippen LogP contribution is -2.15. The second-order valence-corrected chi connectivity index (χ2v) is 4.30. The molecular weight excluding hydrogens is 236 g/mol. The van der Waals surface area contributed by atoms with E-state index in [4.69, 9.17) is 4.74 Å². The first-order chi connectivity index (χ1) is 8.29. The third-order valence-electron chi connectivity index (χ3n) is 2.42. The van der Waals surface area contributed by atoms with Crippen LogP contribution in [0.15, 0.2) is 29.6 Å². The number of aromatic nitrogens is 2. The van der Waals surface area contributed by atoms with Gasteiger partial charge in [0.05, 0.1) is 6.10 Å². The molecule has 2 aromatic rings. The molecule has 1 aromatic heterocycles. The second-order valence-electron chi connectivity index (χ2n) is 3.69. The van der Waals surface area contributed by atoms with Gasteiger partial charge in [-0.25, -0.2) is 0 Å². The van der Waals surface area contributed by atoms with Crippen LogP contribution in [-0.2, 0) is 0 Å². The lowest BCUT2D eigenvalue weighted by Gasteiger charge is -2.10. The first kappa shape index (κ1) is 12.0. The van der Waals surface area contributed by atoms with Gasteiger partial charge in [-0.2, -0.15) is 0 Å². The van der Waals surface area contributed by atoms with Gasteiger partial charge in [0.2, 0.25) is 0 Å². The Kier molecular flexibility index (Phi) is 4.06. The molecular formula is C12H14N2O2S. The highest BCUT2D eigenvalue weighted by atomic mass is 32.1. The molecule has 1 N–H and O–H groups in total. The van der Waals surface area contributed by atoms with Crippen LogP contribution < -0.4 is 4.74 Å². The summed E-state index contributed by atoms with van der Waals surface area (Å²) in [5.74, 6) is 0.754. The molecule has 1 heterocycles. The molecule has 1 aromatic carbocycles. The minimum absolute atomic E-state index is 0.327. The van der Waals surface area contributed by atoms with Crippen LogP contribution in [0.1, 0.15) is 13.3 Å². The summed E-state index contributed by atoms with van der Waals surface area (Å²) in [5, 5.41) is 15.3. The molecule has 0 amide bonds. The van der Waals surface area contributed by atoms with Crippen molar-refractivity contribution in [2.45, 2.75) is 19.4 Å². The maximum absolute atomic E-state index is 9.38. The third kappa shape index (κ3) is 3.25. The Morgan fingerprint density at radius 3 is 2.71 bits per heavy atom. The third-order valence-corrected chi connectivity index (χ3v) is 2.93. The Morgan fingerprint density at radius 1 is 1.35 bits per heavy atom. The second kappa shape index (κ2) is 5.75. The van der Waals surface area contributed by atoms with Gasteiger partial charge >= 0.3 is 0 Å². The zero-order chi connectivity index (χ0) is 12.1. The fourth-order valence-electron chi connectivity index (χ4n) is 1.32. The van der Waals surface area contributed by atoms with Crippen molar-refractivity contribution in [3.8, 4) is 17.0 Å². The summed E-state index contributed by atoms with van der Waals surface area (Å²) in [6.07, 6.45) is 0.292. The predicted octanol–water partition coefficient (Wildman–Crippen LogP) is 2.35. The van der Waals surface area contributed by atoms with Gasteiger partial charge in [0.25, 0.3) is 0 Å². The van der Waals surface area contributed by atoms with Crippen LogP contribution in [0.25, 0.3) is 11.3 Å². The average molecular weight is 250 g/mol. The first-order valence-corrected chi connectivity index (χ1v) is 6.31. The van der Waals surface area contributed by atoms with E-state index in [9.17, 15) is 5.11 Å². The number of rotatable bonds is 5. The van der Waals surface area contributed by atoms with E-state index in [2.05, 4.69) is 9.59 Å². The summed E-state index contributed by atoms with van der Waals surface area (Å²) in [5.41, 5.74) is 1.89. The number of aliphatic hydroxyl groups is 1. The van der Waals surface area contributed by atoms with Crippen molar-refractivity contribution >= 4 is 11.5 Å². The molecule has 2 rings (SSSR count). The van der Waals surface area contributed by atoms with Gasteiger partial charge in [0.1, 0.15) is 18.1 Å². The molecule has 0 saturated heterocycles. The van der Waals surface area contributed by atoms with E-state index < -0.39 is 6.10 Å². The molecule has 0 radical (unpaired) electrons. The van der Waals surface area contributed by atoms with Crippen LogP contribution in [0.4, 0.5) is 0 Å². The fourth-order valence-corrected chi connectivity index (χ4v) is 1.79. The molecule has 0 aliphatic heterocycles. The molecule has 4 nitrogen and oxygen atoms in total. The number of ether oxygens (including phenoxy) is 1. The SMILES string of the molecule is CC[C@@H](O)COc1ccc(-c2csnn2)cc1. The molecule has 0 unspecified atom stereocenters. The lowest BCUT2D eigenvalue weighted by molar-refractivity contribution is 0.104. The molecule has 17 heavy (non-hydrogen) atoms. The van der Waals surface area contributed by atoms with Crippen molar-refractivity contribution in [1.82, 2.24) is 9.59 Å². The highest BCUT2D eigenvalue weighted by Gasteiger charge is 2.03. The maximum atomic E-state index is 9.38. The Labute approximate surface area is 104 Å². The normalized spacial score (nSPS) is 12.4. The zero-order valence-electron chi connectivity index (χ0n) is 9.54. The summed E-state index contributed by atoms with van der Waals surface area (Å²) >= 11 is 1.33. The van der Waals surface area contributed by atoms with E-state index >= 15 is 0 Å². The molecule has 0 aliphatic rings. The summed E-state index contributed by atoms with van der Waals surface area (Å²) in [6, 6.07) is 7.61. The summed E-state index contributed by atoms with van der Waals surface area (Å²) in [6.45, 7) is 2.25. The van der Waals surface area contributed by atoms with Crippen LogP contribution in [0.3, 0.4) is 0 Å². The van der Waals surface area contributed by atoms with E-state index in [-0.39, 0.29) is 0 Å². The lowest BCUT2D eigenvalue weighted by atomic mass is 10.2. The number of benzene rings is 1. The predicted molar refractivity (Wildman–Crippen MR) is 67.1 cm³/mol. The molecule has 0 fully saturated rings. The van der Waals surface area contributed by atoms with Crippen LogP contribution in [-0.4, -0.2) is 27.4 Å². The molecule has 0 saturated carbocycles. The summed E-state index contributed by atoms with van der Waals surface area (Å²) in [7, 11) is 0. The van der Waals surface area contributed by atoms with Gasteiger partial charge in [-0.15, -0.1) is 5.10 Å². The molecule has 90 valence electrons. The van der Waals surface area contributed by atoms with E-state index in [1.165, 1.54) is 11.5 Å². The largest absolute Gasteiger partial charge is 0.491 e. The van der Waals surface area contributed by atoms with Gasteiger partial charge in [-0.3, -0.25) is 0 Å². The molecule has 0 aliphatic carbocycles. The minimum atomic E-state index is -0.405. The van der Waals surface area contributed by atoms with Gasteiger partial charge in [0.15, 0.2) is 0 Å². The van der Waals surface area contributed by atoms with Crippen LogP contribution in [0, 0.1) is 0 Å². The van der Waals surface area contributed by atoms with Crippen molar-refractivity contribution in [3.05, 3.63) is 29.6 Å². The van der Waals surface area contributed by atoms with E-state index in [0.717, 1.165) is 17.0 Å². The number of nitrogens with zero attached hydrogens (tertiary/aromatic N) is 2. The van der Waals surface area contributed by atoms with Gasteiger partial charge in [0, 0.05) is 10.9 Å². The number of aliphatic hydroxyl groups excluding tert-OH is 1. The van der Waals surface area contributed by atoms with E-state index in [1.54, 1.807) is 0 Å². The van der Waals surface area contributed by atoms with Crippen LogP contribution >= 0.6 is 11.5 Å². The van der Waals surface area contributed by atoms with E-state index in [0.29, 0.717) is 13.0 Å². The Balaban J connectivity index is 1.99. The summed E-state index contributed by atoms with van der Waals surface area (Å²) < 4.78 is 9.27. The van der Waals surface area contributed by atoms with E-state index in [1.807, 2.05) is 36.6 Å². The topological polar surface area (TPSA) is 55.2 Å². The highest BCUT2D eigenvalue weighted by Crippen LogP contribution is 2.21. The number of hydrogen-bond acceptors (Lipinski definition) is 5. The molecule has 1 atom stereocenters.